The number of carbonyl (C=O) groups is 1. The molecular weight excluding hydrogens is 377 g/mol. The zero-order chi connectivity index (χ0) is 10.8. The summed E-state index contributed by atoms with van der Waals surface area (Å²) in [5.74, 6) is 0.658. The van der Waals surface area contributed by atoms with Gasteiger partial charge in [0.25, 0.3) is 0 Å². The van der Waals surface area contributed by atoms with E-state index in [4.69, 9.17) is 5.63 Å². The predicted molar refractivity (Wildman–Crippen MR) is 56.8 cm³/mol. The van der Waals surface area contributed by atoms with Crippen molar-refractivity contribution in [1.82, 2.24) is 0 Å². The Kier molecular flexibility index (Phi) is 10.1. The molecule has 0 unspecified atom stereocenters. The van der Waals surface area contributed by atoms with Crippen LogP contribution in [0, 0.1) is 5.92 Å². The van der Waals surface area contributed by atoms with Crippen LogP contribution in [-0.2, 0) is 10.4 Å². The van der Waals surface area contributed by atoms with Gasteiger partial charge in [0.15, 0.2) is 0 Å². The van der Waals surface area contributed by atoms with Crippen molar-refractivity contribution in [3.63, 3.8) is 0 Å². The Bertz CT molecular complexity index is 148. The molecule has 0 aliphatic heterocycles. The van der Waals surface area contributed by atoms with Crippen LogP contribution in [0.25, 0.3) is 0 Å². The second-order valence-corrected chi connectivity index (χ2v) is 5.89. The molecule has 0 amide bonds. The Hall–Kier alpha value is 0.313. The van der Waals surface area contributed by atoms with E-state index >= 15 is 0 Å². The van der Waals surface area contributed by atoms with E-state index in [-0.39, 0.29) is 5.97 Å². The van der Waals surface area contributed by atoms with E-state index in [0.717, 1.165) is 18.8 Å². The summed E-state index contributed by atoms with van der Waals surface area (Å²) in [5, 5.41) is 0. The van der Waals surface area contributed by atoms with Gasteiger partial charge in [-0.15, -0.1) is 0 Å². The van der Waals surface area contributed by atoms with Crippen LogP contribution < -0.4 is 0 Å². The summed E-state index contributed by atoms with van der Waals surface area (Å²) in [6, 6.07) is 0. The second kappa shape index (κ2) is 9.85. The molecule has 14 heavy (non-hydrogen) atoms. The average molecular weight is 397 g/mol. The maximum absolute atomic E-state index is 11.1. The molecule has 0 atom stereocenters. The Morgan fingerprint density at radius 3 is 2.64 bits per heavy atom. The molecule has 0 saturated carbocycles. The normalized spacial score (nSPS) is 10.6. The van der Waals surface area contributed by atoms with Gasteiger partial charge < -0.3 is 0 Å². The van der Waals surface area contributed by atoms with Crippen molar-refractivity contribution in [3.8, 4) is 0 Å². The van der Waals surface area contributed by atoms with Crippen LogP contribution >= 0.6 is 0 Å². The Morgan fingerprint density at radius 2 is 2.07 bits per heavy atom. The van der Waals surface area contributed by atoms with Gasteiger partial charge in [0.1, 0.15) is 0 Å². The number of rotatable bonds is 8. The molecule has 0 rings (SSSR count). The summed E-state index contributed by atoms with van der Waals surface area (Å²) in [6.07, 6.45) is 3.82. The van der Waals surface area contributed by atoms with E-state index in [9.17, 15) is 4.79 Å². The van der Waals surface area contributed by atoms with Crippen molar-refractivity contribution in [3.05, 3.63) is 0 Å². The van der Waals surface area contributed by atoms with E-state index in [2.05, 4.69) is 13.8 Å². The van der Waals surface area contributed by atoms with Crippen LogP contribution in [0.5, 0.6) is 0 Å². The summed E-state index contributed by atoms with van der Waals surface area (Å²) >= 11 is -1.38. The fraction of sp³-hybridized carbons (Fsp3) is 0.900. The molecule has 0 spiro atoms. The van der Waals surface area contributed by atoms with Gasteiger partial charge in [-0.05, 0) is 0 Å². The summed E-state index contributed by atoms with van der Waals surface area (Å²) in [6.45, 7) is 6.97. The van der Waals surface area contributed by atoms with Crippen molar-refractivity contribution in [2.75, 3.05) is 6.61 Å². The minimum absolute atomic E-state index is 0.0705. The fourth-order valence-electron chi connectivity index (χ4n) is 0.988. The van der Waals surface area contributed by atoms with Gasteiger partial charge in [0.05, 0.1) is 0 Å². The van der Waals surface area contributed by atoms with Gasteiger partial charge in [-0.2, -0.15) is 0 Å². The first kappa shape index (κ1) is 14.3. The molecule has 0 fully saturated rings. The SMILES string of the molecule is CC[O][Bi][O]C(=O)CCCCC(C)C. The molecule has 0 saturated heterocycles. The molecule has 3 nitrogen and oxygen atoms in total. The third-order valence-corrected chi connectivity index (χ3v) is 4.23. The molecule has 1 radical (unpaired) electrons. The fourth-order valence-corrected chi connectivity index (χ4v) is 2.28. The quantitative estimate of drug-likeness (QED) is 0.466. The van der Waals surface area contributed by atoms with Crippen LogP contribution in [0.1, 0.15) is 46.5 Å². The van der Waals surface area contributed by atoms with Crippen molar-refractivity contribution in [1.29, 1.82) is 0 Å². The predicted octanol–water partition coefficient (Wildman–Crippen LogP) is 2.32. The van der Waals surface area contributed by atoms with Crippen molar-refractivity contribution < 1.29 is 10.4 Å². The van der Waals surface area contributed by atoms with Crippen molar-refractivity contribution in [2.24, 2.45) is 5.92 Å². The Morgan fingerprint density at radius 1 is 1.36 bits per heavy atom. The van der Waals surface area contributed by atoms with Crippen LogP contribution in [-0.4, -0.2) is 36.7 Å². The molecule has 0 aliphatic rings. The molecule has 0 bridgehead atoms. The molecular formula is C10H20BiO3. The van der Waals surface area contributed by atoms with Gasteiger partial charge in [-0.1, -0.05) is 0 Å². The second-order valence-electron chi connectivity index (χ2n) is 3.60. The summed E-state index contributed by atoms with van der Waals surface area (Å²) < 4.78 is 10.1. The van der Waals surface area contributed by atoms with Gasteiger partial charge >= 0.3 is 99.5 Å². The zero-order valence-electron chi connectivity index (χ0n) is 9.28. The minimum atomic E-state index is -1.38. The molecule has 0 aromatic heterocycles. The van der Waals surface area contributed by atoms with E-state index in [1.807, 2.05) is 6.92 Å². The molecule has 0 aromatic carbocycles. The standard InChI is InChI=1S/C8H16O2.C2H5O.Bi/c1-7(2)5-3-4-6-8(9)10;1-2-3;/h7H,3-6H2,1-2H3,(H,9,10);2H2,1H3;/q;-1;+2/p-1. The monoisotopic (exact) mass is 397 g/mol. The van der Waals surface area contributed by atoms with Gasteiger partial charge in [0, 0.05) is 0 Å². The van der Waals surface area contributed by atoms with E-state index in [0.29, 0.717) is 13.0 Å². The van der Waals surface area contributed by atoms with Crippen molar-refractivity contribution >= 4 is 30.1 Å². The van der Waals surface area contributed by atoms with Crippen LogP contribution in [0.2, 0.25) is 0 Å². The summed E-state index contributed by atoms with van der Waals surface area (Å²) in [4.78, 5) is 11.1. The number of hydrogen-bond donors (Lipinski definition) is 0. The topological polar surface area (TPSA) is 35.5 Å². The Balaban J connectivity index is 3.18. The number of unbranched alkanes of at least 4 members (excludes halogenated alkanes) is 1. The number of hydrogen-bond acceptors (Lipinski definition) is 3. The summed E-state index contributed by atoms with van der Waals surface area (Å²) in [7, 11) is 0. The van der Waals surface area contributed by atoms with E-state index in [1.165, 1.54) is 6.42 Å². The molecule has 4 heteroatoms. The van der Waals surface area contributed by atoms with Crippen LogP contribution in [0.3, 0.4) is 0 Å². The van der Waals surface area contributed by atoms with Crippen LogP contribution in [0.4, 0.5) is 0 Å². The van der Waals surface area contributed by atoms with E-state index < -0.39 is 24.1 Å². The molecule has 83 valence electrons. The van der Waals surface area contributed by atoms with Gasteiger partial charge in [-0.25, -0.2) is 0 Å². The van der Waals surface area contributed by atoms with Gasteiger partial charge in [0.2, 0.25) is 0 Å². The Labute approximate surface area is 99.4 Å². The average Bonchev–Trinajstić information content (AvgIpc) is 2.13. The molecule has 0 heterocycles. The first-order chi connectivity index (χ1) is 6.66. The zero-order valence-corrected chi connectivity index (χ0v) is 12.8. The molecule has 0 aliphatic carbocycles. The molecule has 0 N–H and O–H groups in total. The van der Waals surface area contributed by atoms with E-state index in [1.54, 1.807) is 0 Å². The number of carbonyl (C=O) groups excluding carboxylic acids is 1. The van der Waals surface area contributed by atoms with Crippen molar-refractivity contribution in [2.45, 2.75) is 46.5 Å². The first-order valence-corrected chi connectivity index (χ1v) is 8.02. The summed E-state index contributed by atoms with van der Waals surface area (Å²) in [5.41, 5.74) is 0. The maximum atomic E-state index is 11.1. The third kappa shape index (κ3) is 10.4. The van der Waals surface area contributed by atoms with Gasteiger partial charge in [-0.3, -0.25) is 0 Å². The first-order valence-electron chi connectivity index (χ1n) is 5.19. The van der Waals surface area contributed by atoms with Crippen LogP contribution in [0.15, 0.2) is 0 Å². The third-order valence-electron chi connectivity index (χ3n) is 1.73. The molecule has 0 aromatic rings.